The van der Waals surface area contributed by atoms with E-state index in [-0.39, 0.29) is 29.4 Å². The van der Waals surface area contributed by atoms with E-state index in [4.69, 9.17) is 5.73 Å². The molecule has 6 nitrogen and oxygen atoms in total. The van der Waals surface area contributed by atoms with E-state index < -0.39 is 4.92 Å². The van der Waals surface area contributed by atoms with E-state index in [1.807, 2.05) is 0 Å². The van der Waals surface area contributed by atoms with E-state index in [0.717, 1.165) is 25.7 Å². The number of hydrogen-bond acceptors (Lipinski definition) is 4. The van der Waals surface area contributed by atoms with Crippen LogP contribution in [0.15, 0.2) is 18.2 Å². The number of rotatable bonds is 5. The van der Waals surface area contributed by atoms with Crippen molar-refractivity contribution in [1.29, 1.82) is 0 Å². The monoisotopic (exact) mass is 341 g/mol. The fourth-order valence-corrected chi connectivity index (χ4v) is 3.25. The van der Waals surface area contributed by atoms with E-state index in [2.05, 4.69) is 5.32 Å². The van der Waals surface area contributed by atoms with Crippen LogP contribution in [0.25, 0.3) is 0 Å². The lowest BCUT2D eigenvalue weighted by Crippen LogP contribution is -2.36. The van der Waals surface area contributed by atoms with Crippen LogP contribution in [0.4, 0.5) is 11.4 Å². The Bertz CT molecular complexity index is 572. The smallest absolute Gasteiger partial charge is 0.274 e. The molecule has 0 atom stereocenters. The molecule has 1 amide bonds. The Morgan fingerprint density at radius 3 is 2.57 bits per heavy atom. The van der Waals surface area contributed by atoms with Gasteiger partial charge in [-0.3, -0.25) is 14.9 Å². The third-order valence-electron chi connectivity index (χ3n) is 4.66. The molecule has 1 aromatic carbocycles. The number of nitrogens with one attached hydrogen (secondary N) is 1. The second-order valence-electron chi connectivity index (χ2n) is 6.20. The van der Waals surface area contributed by atoms with Crippen LogP contribution in [0.1, 0.15) is 44.1 Å². The number of hydrogen-bond donors (Lipinski definition) is 2. The van der Waals surface area contributed by atoms with Gasteiger partial charge in [0.25, 0.3) is 5.69 Å². The molecule has 1 fully saturated rings. The summed E-state index contributed by atoms with van der Waals surface area (Å²) in [6.45, 7) is 2.15. The summed E-state index contributed by atoms with van der Waals surface area (Å²) >= 11 is 0. The van der Waals surface area contributed by atoms with Gasteiger partial charge >= 0.3 is 0 Å². The highest BCUT2D eigenvalue weighted by Crippen LogP contribution is 2.38. The van der Waals surface area contributed by atoms with Crippen molar-refractivity contribution in [3.05, 3.63) is 33.9 Å². The summed E-state index contributed by atoms with van der Waals surface area (Å²) in [6, 6.07) is 4.71. The summed E-state index contributed by atoms with van der Waals surface area (Å²) in [7, 11) is 0. The van der Waals surface area contributed by atoms with Gasteiger partial charge in [0.15, 0.2) is 0 Å². The lowest BCUT2D eigenvalue weighted by molar-refractivity contribution is -0.385. The SMILES string of the molecule is Cc1c(NC(=O)CC2(CN)CCCCC2)cccc1[N+](=O)[O-].Cl. The van der Waals surface area contributed by atoms with Gasteiger partial charge in [0, 0.05) is 12.5 Å². The summed E-state index contributed by atoms with van der Waals surface area (Å²) in [5.74, 6) is -0.115. The number of amides is 1. The minimum absolute atomic E-state index is 0. The molecule has 1 aliphatic carbocycles. The lowest BCUT2D eigenvalue weighted by Gasteiger charge is -2.35. The Labute approximate surface area is 142 Å². The van der Waals surface area contributed by atoms with Gasteiger partial charge in [-0.15, -0.1) is 12.4 Å². The number of anilines is 1. The van der Waals surface area contributed by atoms with E-state index in [9.17, 15) is 14.9 Å². The summed E-state index contributed by atoms with van der Waals surface area (Å²) < 4.78 is 0. The van der Waals surface area contributed by atoms with Crippen LogP contribution in [-0.4, -0.2) is 17.4 Å². The van der Waals surface area contributed by atoms with Crippen molar-refractivity contribution in [3.63, 3.8) is 0 Å². The molecule has 128 valence electrons. The third kappa shape index (κ3) is 4.65. The van der Waals surface area contributed by atoms with Crippen LogP contribution in [0.3, 0.4) is 0 Å². The van der Waals surface area contributed by atoms with Gasteiger partial charge in [-0.2, -0.15) is 0 Å². The maximum atomic E-state index is 12.3. The number of carbonyl (C=O) groups excluding carboxylic acids is 1. The first-order chi connectivity index (χ1) is 10.5. The highest BCUT2D eigenvalue weighted by Gasteiger charge is 2.33. The molecule has 0 heterocycles. The van der Waals surface area contributed by atoms with Gasteiger partial charge < -0.3 is 11.1 Å². The van der Waals surface area contributed by atoms with E-state index in [0.29, 0.717) is 24.2 Å². The molecule has 7 heteroatoms. The quantitative estimate of drug-likeness (QED) is 0.631. The first-order valence-corrected chi connectivity index (χ1v) is 7.71. The van der Waals surface area contributed by atoms with Crippen molar-refractivity contribution >= 4 is 29.7 Å². The zero-order valence-electron chi connectivity index (χ0n) is 13.3. The molecule has 0 aromatic heterocycles. The second kappa shape index (κ2) is 8.26. The summed E-state index contributed by atoms with van der Waals surface area (Å²) in [4.78, 5) is 22.9. The highest BCUT2D eigenvalue weighted by atomic mass is 35.5. The predicted octanol–water partition coefficient (Wildman–Crippen LogP) is 3.56. The Morgan fingerprint density at radius 1 is 1.35 bits per heavy atom. The van der Waals surface area contributed by atoms with E-state index in [1.54, 1.807) is 19.1 Å². The molecule has 1 aromatic rings. The molecule has 0 spiro atoms. The minimum Gasteiger partial charge on any atom is -0.330 e. The lowest BCUT2D eigenvalue weighted by atomic mass is 9.71. The molecule has 1 saturated carbocycles. The summed E-state index contributed by atoms with van der Waals surface area (Å²) in [5, 5.41) is 13.8. The normalized spacial score (nSPS) is 16.3. The molecule has 0 bridgehead atoms. The number of nitrogens with two attached hydrogens (primary N) is 1. The third-order valence-corrected chi connectivity index (χ3v) is 4.66. The number of nitro groups is 1. The van der Waals surface area contributed by atoms with Crippen molar-refractivity contribution in [1.82, 2.24) is 0 Å². The van der Waals surface area contributed by atoms with E-state index in [1.165, 1.54) is 12.5 Å². The van der Waals surface area contributed by atoms with E-state index >= 15 is 0 Å². The second-order valence-corrected chi connectivity index (χ2v) is 6.20. The van der Waals surface area contributed by atoms with Crippen molar-refractivity contribution in [3.8, 4) is 0 Å². The van der Waals surface area contributed by atoms with Crippen molar-refractivity contribution in [2.75, 3.05) is 11.9 Å². The molecule has 0 aliphatic heterocycles. The van der Waals surface area contributed by atoms with Gasteiger partial charge in [-0.25, -0.2) is 0 Å². The largest absolute Gasteiger partial charge is 0.330 e. The molecule has 1 aliphatic rings. The molecule has 0 radical (unpaired) electrons. The van der Waals surface area contributed by atoms with Crippen molar-refractivity contribution < 1.29 is 9.72 Å². The number of halogens is 1. The maximum absolute atomic E-state index is 12.3. The summed E-state index contributed by atoms with van der Waals surface area (Å²) in [6.07, 6.45) is 5.76. The topological polar surface area (TPSA) is 98.3 Å². The summed E-state index contributed by atoms with van der Waals surface area (Å²) in [5.41, 5.74) is 6.79. The van der Waals surface area contributed by atoms with Gasteiger partial charge in [-0.1, -0.05) is 25.3 Å². The van der Waals surface area contributed by atoms with Gasteiger partial charge in [0.2, 0.25) is 5.91 Å². The minimum atomic E-state index is -0.437. The number of benzene rings is 1. The fraction of sp³-hybridized carbons (Fsp3) is 0.562. The predicted molar refractivity (Wildman–Crippen MR) is 92.9 cm³/mol. The molecule has 3 N–H and O–H groups in total. The number of nitrogens with zero attached hydrogens (tertiary/aromatic N) is 1. The van der Waals surface area contributed by atoms with Crippen LogP contribution < -0.4 is 11.1 Å². The Hall–Kier alpha value is -1.66. The first kappa shape index (κ1) is 19.4. The molecule has 23 heavy (non-hydrogen) atoms. The highest BCUT2D eigenvalue weighted by molar-refractivity contribution is 5.92. The Kier molecular flexibility index (Phi) is 6.97. The molecule has 2 rings (SSSR count). The molecular weight excluding hydrogens is 318 g/mol. The first-order valence-electron chi connectivity index (χ1n) is 7.71. The van der Waals surface area contributed by atoms with Crippen LogP contribution in [0, 0.1) is 22.5 Å². The molecular formula is C16H24ClN3O3. The molecule has 0 unspecified atom stereocenters. The Balaban J connectivity index is 0.00000264. The average Bonchev–Trinajstić information content (AvgIpc) is 2.50. The van der Waals surface area contributed by atoms with Gasteiger partial charge in [0.05, 0.1) is 16.2 Å². The van der Waals surface area contributed by atoms with Gasteiger partial charge in [-0.05, 0) is 37.8 Å². The zero-order chi connectivity index (χ0) is 16.2. The van der Waals surface area contributed by atoms with Crippen LogP contribution in [-0.2, 0) is 4.79 Å². The van der Waals surface area contributed by atoms with Crippen molar-refractivity contribution in [2.24, 2.45) is 11.1 Å². The maximum Gasteiger partial charge on any atom is 0.274 e. The number of nitro benzene ring substituents is 1. The Morgan fingerprint density at radius 2 is 2.00 bits per heavy atom. The zero-order valence-corrected chi connectivity index (χ0v) is 14.2. The average molecular weight is 342 g/mol. The number of carbonyl (C=O) groups is 1. The van der Waals surface area contributed by atoms with Crippen LogP contribution in [0.5, 0.6) is 0 Å². The van der Waals surface area contributed by atoms with Crippen LogP contribution in [0.2, 0.25) is 0 Å². The van der Waals surface area contributed by atoms with Crippen molar-refractivity contribution in [2.45, 2.75) is 45.4 Å². The fourth-order valence-electron chi connectivity index (χ4n) is 3.25. The van der Waals surface area contributed by atoms with Gasteiger partial charge in [0.1, 0.15) is 0 Å². The van der Waals surface area contributed by atoms with Crippen LogP contribution >= 0.6 is 12.4 Å². The standard InChI is InChI=1S/C16H23N3O3.ClH/c1-12-13(6-5-7-14(12)19(21)22)18-15(20)10-16(11-17)8-3-2-4-9-16;/h5-7H,2-4,8-11,17H2,1H3,(H,18,20);1H. The molecule has 0 saturated heterocycles.